The van der Waals surface area contributed by atoms with Crippen molar-refractivity contribution in [3.05, 3.63) is 76.2 Å². The fraction of sp³-hybridized carbons (Fsp3) is 0.304. The van der Waals surface area contributed by atoms with Crippen LogP contribution in [0.3, 0.4) is 0 Å². The number of rotatable bonds is 5. The number of carbonyl (C=O) groups excluding carboxylic acids is 1. The first kappa shape index (κ1) is 20.7. The Labute approximate surface area is 178 Å². The Morgan fingerprint density at radius 3 is 2.55 bits per heavy atom. The maximum Gasteiger partial charge on any atom is 0.275 e. The number of nitrogens with one attached hydrogen (secondary N) is 1. The van der Waals surface area contributed by atoms with Gasteiger partial charge in [0, 0.05) is 24.2 Å². The quantitative estimate of drug-likeness (QED) is 0.659. The molecule has 1 amide bonds. The highest BCUT2D eigenvalue weighted by Gasteiger charge is 2.36. The van der Waals surface area contributed by atoms with Crippen LogP contribution in [0.2, 0.25) is 0 Å². The van der Waals surface area contributed by atoms with Crippen molar-refractivity contribution in [1.29, 1.82) is 0 Å². The Kier molecular flexibility index (Phi) is 5.54. The van der Waals surface area contributed by atoms with E-state index in [1.165, 1.54) is 30.2 Å². The molecular formula is C23H23FN4O3. The van der Waals surface area contributed by atoms with Gasteiger partial charge in [-0.1, -0.05) is 37.1 Å². The molecule has 1 fully saturated rings. The minimum Gasteiger partial charge on any atom is -0.503 e. The summed E-state index contributed by atoms with van der Waals surface area (Å²) in [4.78, 5) is 28.0. The smallest absolute Gasteiger partial charge is 0.275 e. The zero-order chi connectivity index (χ0) is 22.0. The Morgan fingerprint density at radius 1 is 1.19 bits per heavy atom. The van der Waals surface area contributed by atoms with Crippen molar-refractivity contribution < 1.29 is 14.3 Å². The molecule has 8 heteroatoms. The van der Waals surface area contributed by atoms with Crippen molar-refractivity contribution in [1.82, 2.24) is 20.1 Å². The van der Waals surface area contributed by atoms with Gasteiger partial charge in [-0.25, -0.2) is 4.39 Å². The van der Waals surface area contributed by atoms with Gasteiger partial charge in [-0.3, -0.25) is 19.3 Å². The zero-order valence-corrected chi connectivity index (χ0v) is 17.1. The van der Waals surface area contributed by atoms with Gasteiger partial charge < -0.3 is 10.4 Å². The molecule has 0 spiro atoms. The number of carbonyl (C=O) groups is 1. The molecule has 1 aliphatic rings. The molecular weight excluding hydrogens is 399 g/mol. The van der Waals surface area contributed by atoms with Gasteiger partial charge in [0.15, 0.2) is 11.4 Å². The molecule has 1 saturated carbocycles. The van der Waals surface area contributed by atoms with Crippen LogP contribution >= 0.6 is 0 Å². The number of aromatic nitrogens is 3. The number of nitrogens with zero attached hydrogens (tertiary/aromatic N) is 3. The molecule has 1 aromatic carbocycles. The molecule has 7 nitrogen and oxygen atoms in total. The van der Waals surface area contributed by atoms with Crippen LogP contribution in [0.5, 0.6) is 5.75 Å². The molecule has 0 aliphatic heterocycles. The lowest BCUT2D eigenvalue weighted by Gasteiger charge is -2.30. The number of pyridine rings is 1. The van der Waals surface area contributed by atoms with Crippen molar-refractivity contribution in [2.24, 2.45) is 0 Å². The van der Waals surface area contributed by atoms with Crippen molar-refractivity contribution in [2.45, 2.75) is 37.6 Å². The largest absolute Gasteiger partial charge is 0.503 e. The van der Waals surface area contributed by atoms with Crippen molar-refractivity contribution in [3.63, 3.8) is 0 Å². The number of hydrogen-bond acceptors (Lipinski definition) is 5. The molecule has 2 heterocycles. The van der Waals surface area contributed by atoms with Crippen LogP contribution < -0.4 is 10.7 Å². The summed E-state index contributed by atoms with van der Waals surface area (Å²) in [6.07, 6.45) is 7.99. The molecule has 31 heavy (non-hydrogen) atoms. The molecule has 0 bridgehead atoms. The van der Waals surface area contributed by atoms with Gasteiger partial charge in [-0.15, -0.1) is 0 Å². The number of halogens is 1. The summed E-state index contributed by atoms with van der Waals surface area (Å²) in [6.45, 7) is 0.422. The van der Waals surface area contributed by atoms with Crippen LogP contribution in [0, 0.1) is 5.82 Å². The maximum atomic E-state index is 13.5. The summed E-state index contributed by atoms with van der Waals surface area (Å²) in [5.41, 5.74) is 1.31. The third-order valence-corrected chi connectivity index (χ3v) is 5.95. The monoisotopic (exact) mass is 422 g/mol. The summed E-state index contributed by atoms with van der Waals surface area (Å²) < 4.78 is 15.0. The van der Waals surface area contributed by atoms with Gasteiger partial charge in [-0.2, -0.15) is 5.10 Å². The van der Waals surface area contributed by atoms with E-state index >= 15 is 0 Å². The van der Waals surface area contributed by atoms with E-state index < -0.39 is 17.1 Å². The number of benzene rings is 1. The molecule has 2 N–H and O–H groups in total. The van der Waals surface area contributed by atoms with Gasteiger partial charge in [-0.05, 0) is 30.0 Å². The lowest BCUT2D eigenvalue weighted by molar-refractivity contribution is 0.0953. The summed E-state index contributed by atoms with van der Waals surface area (Å²) >= 11 is 0. The van der Waals surface area contributed by atoms with Gasteiger partial charge in [0.05, 0.1) is 18.9 Å². The van der Waals surface area contributed by atoms with E-state index in [0.717, 1.165) is 36.8 Å². The second-order valence-electron chi connectivity index (χ2n) is 7.93. The second kappa shape index (κ2) is 8.29. The van der Waals surface area contributed by atoms with Crippen LogP contribution in [0.4, 0.5) is 4.39 Å². The van der Waals surface area contributed by atoms with E-state index in [1.807, 2.05) is 24.3 Å². The minimum atomic E-state index is -0.788. The minimum absolute atomic E-state index is 0.243. The zero-order valence-electron chi connectivity index (χ0n) is 17.1. The first-order valence-corrected chi connectivity index (χ1v) is 10.2. The van der Waals surface area contributed by atoms with Crippen LogP contribution in [0.25, 0.3) is 11.1 Å². The predicted molar refractivity (Wildman–Crippen MR) is 113 cm³/mol. The van der Waals surface area contributed by atoms with Crippen LogP contribution in [-0.4, -0.2) is 32.8 Å². The topological polar surface area (TPSA) is 97.1 Å². The highest BCUT2D eigenvalue weighted by atomic mass is 19.1. The summed E-state index contributed by atoms with van der Waals surface area (Å²) in [5.74, 6) is -1.52. The number of aromatic hydroxyl groups is 1. The normalized spacial score (nSPS) is 15.0. The molecule has 160 valence electrons. The van der Waals surface area contributed by atoms with Gasteiger partial charge in [0.25, 0.3) is 11.3 Å². The Balaban J connectivity index is 1.68. The number of amides is 1. The molecule has 0 saturated heterocycles. The standard InChI is InChI=1S/C23H23FN4O3/c1-25-22(31)20-21(30)19(29)13-28(27-20)14-23(8-2-3-9-23)17-6-4-15(5-7-17)16-10-18(24)12-26-11-16/h4-7,10-13,29H,2-3,8-9,14H2,1H3,(H,25,31). The van der Waals surface area contributed by atoms with Crippen molar-refractivity contribution in [2.75, 3.05) is 7.05 Å². The molecule has 0 radical (unpaired) electrons. The lowest BCUT2D eigenvalue weighted by atomic mass is 9.78. The average molecular weight is 422 g/mol. The highest BCUT2D eigenvalue weighted by Crippen LogP contribution is 2.43. The molecule has 3 aromatic rings. The predicted octanol–water partition coefficient (Wildman–Crippen LogP) is 3.02. The molecule has 4 rings (SSSR count). The molecule has 2 aromatic heterocycles. The maximum absolute atomic E-state index is 13.5. The average Bonchev–Trinajstić information content (AvgIpc) is 3.25. The fourth-order valence-corrected chi connectivity index (χ4v) is 4.36. The van der Waals surface area contributed by atoms with Crippen LogP contribution in [0.1, 0.15) is 41.7 Å². The van der Waals surface area contributed by atoms with E-state index in [2.05, 4.69) is 15.4 Å². The fourth-order valence-electron chi connectivity index (χ4n) is 4.36. The third kappa shape index (κ3) is 4.05. The van der Waals surface area contributed by atoms with Crippen molar-refractivity contribution in [3.8, 4) is 16.9 Å². The molecule has 0 atom stereocenters. The summed E-state index contributed by atoms with van der Waals surface area (Å²) in [5, 5.41) is 16.6. The van der Waals surface area contributed by atoms with Gasteiger partial charge in [0.1, 0.15) is 5.82 Å². The third-order valence-electron chi connectivity index (χ3n) is 5.95. The molecule has 0 unspecified atom stereocenters. The van der Waals surface area contributed by atoms with Gasteiger partial charge in [0.2, 0.25) is 0 Å². The van der Waals surface area contributed by atoms with E-state index in [-0.39, 0.29) is 16.9 Å². The van der Waals surface area contributed by atoms with Crippen LogP contribution in [-0.2, 0) is 12.0 Å². The summed E-state index contributed by atoms with van der Waals surface area (Å²) in [7, 11) is 1.41. The van der Waals surface area contributed by atoms with Gasteiger partial charge >= 0.3 is 0 Å². The van der Waals surface area contributed by atoms with E-state index in [0.29, 0.717) is 12.1 Å². The van der Waals surface area contributed by atoms with Crippen LogP contribution in [0.15, 0.2) is 53.7 Å². The SMILES string of the molecule is CNC(=O)c1nn(CC2(c3ccc(-c4cncc(F)c4)cc3)CCCC2)cc(O)c1=O. The lowest BCUT2D eigenvalue weighted by Crippen LogP contribution is -2.33. The second-order valence-corrected chi connectivity index (χ2v) is 7.93. The Hall–Kier alpha value is -3.55. The summed E-state index contributed by atoms with van der Waals surface area (Å²) in [6, 6.07) is 9.37. The first-order valence-electron chi connectivity index (χ1n) is 10.2. The van der Waals surface area contributed by atoms with E-state index in [4.69, 9.17) is 0 Å². The van der Waals surface area contributed by atoms with E-state index in [9.17, 15) is 19.1 Å². The highest BCUT2D eigenvalue weighted by molar-refractivity contribution is 5.92. The molecule has 1 aliphatic carbocycles. The van der Waals surface area contributed by atoms with E-state index in [1.54, 1.807) is 6.20 Å². The first-order chi connectivity index (χ1) is 14.9. The Morgan fingerprint density at radius 2 is 1.90 bits per heavy atom. The number of hydrogen-bond donors (Lipinski definition) is 2. The van der Waals surface area contributed by atoms with Crippen molar-refractivity contribution >= 4 is 5.91 Å². The Bertz CT molecular complexity index is 1170.